The number of hydrogen-bond acceptors (Lipinski definition) is 5. The highest BCUT2D eigenvalue weighted by molar-refractivity contribution is 9.10. The summed E-state index contributed by atoms with van der Waals surface area (Å²) in [5, 5.41) is 6.31. The molecule has 7 heteroatoms. The molecule has 21 heavy (non-hydrogen) atoms. The molecular weight excluding hydrogens is 340 g/mol. The molecule has 0 saturated heterocycles. The minimum absolute atomic E-state index is 0.236. The lowest BCUT2D eigenvalue weighted by Crippen LogP contribution is -2.09. The van der Waals surface area contributed by atoms with Crippen LogP contribution in [-0.2, 0) is 11.2 Å². The molecule has 6 nitrogen and oxygen atoms in total. The molecule has 0 radical (unpaired) electrons. The number of esters is 1. The fourth-order valence-corrected chi connectivity index (χ4v) is 2.26. The number of methoxy groups -OCH3 is 2. The Morgan fingerprint density at radius 1 is 1.33 bits per heavy atom. The predicted octanol–water partition coefficient (Wildman–Crippen LogP) is 2.59. The number of carbonyl (C=O) groups is 1. The molecule has 112 valence electrons. The lowest BCUT2D eigenvalue weighted by molar-refractivity contribution is 0.0505. The first-order chi connectivity index (χ1) is 10.2. The third kappa shape index (κ3) is 3.75. The van der Waals surface area contributed by atoms with Gasteiger partial charge in [0.2, 0.25) is 5.88 Å². The molecule has 2 aromatic rings. The van der Waals surface area contributed by atoms with Gasteiger partial charge in [-0.25, -0.2) is 9.89 Å². The maximum atomic E-state index is 11.9. The van der Waals surface area contributed by atoms with Crippen LogP contribution in [0.2, 0.25) is 0 Å². The van der Waals surface area contributed by atoms with E-state index in [2.05, 4.69) is 26.1 Å². The molecule has 1 N–H and O–H groups in total. The van der Waals surface area contributed by atoms with Gasteiger partial charge < -0.3 is 14.2 Å². The van der Waals surface area contributed by atoms with E-state index in [1.54, 1.807) is 7.11 Å². The van der Waals surface area contributed by atoms with Crippen molar-refractivity contribution >= 4 is 21.9 Å². The average molecular weight is 355 g/mol. The lowest BCUT2D eigenvalue weighted by atomic mass is 10.1. The summed E-state index contributed by atoms with van der Waals surface area (Å²) >= 11 is 3.40. The maximum Gasteiger partial charge on any atom is 0.345 e. The number of halogens is 1. The van der Waals surface area contributed by atoms with Crippen molar-refractivity contribution in [3.63, 3.8) is 0 Å². The van der Waals surface area contributed by atoms with Crippen molar-refractivity contribution in [2.24, 2.45) is 0 Å². The zero-order valence-corrected chi connectivity index (χ0v) is 13.3. The number of benzene rings is 1. The molecule has 0 aliphatic carbocycles. The summed E-state index contributed by atoms with van der Waals surface area (Å²) in [6.07, 6.45) is 1.93. The van der Waals surface area contributed by atoms with Crippen molar-refractivity contribution in [1.29, 1.82) is 0 Å². The summed E-state index contributed by atoms with van der Waals surface area (Å²) in [7, 11) is 3.06. The molecule has 0 atom stereocenters. The van der Waals surface area contributed by atoms with E-state index >= 15 is 0 Å². The van der Waals surface area contributed by atoms with Crippen LogP contribution in [0, 0.1) is 0 Å². The normalized spacial score (nSPS) is 10.2. The Labute approximate surface area is 130 Å². The Bertz CT molecular complexity index is 627. The summed E-state index contributed by atoms with van der Waals surface area (Å²) in [5.41, 5.74) is 1.23. The van der Waals surface area contributed by atoms with Crippen LogP contribution in [0.25, 0.3) is 0 Å². The first-order valence-electron chi connectivity index (χ1n) is 6.22. The first-order valence-corrected chi connectivity index (χ1v) is 7.02. The molecule has 0 saturated carbocycles. The van der Waals surface area contributed by atoms with Crippen molar-refractivity contribution in [3.8, 4) is 11.6 Å². The van der Waals surface area contributed by atoms with Gasteiger partial charge in [0.25, 0.3) is 0 Å². The van der Waals surface area contributed by atoms with E-state index in [1.807, 2.05) is 18.2 Å². The number of nitrogens with zero attached hydrogens (tertiary/aromatic N) is 1. The topological polar surface area (TPSA) is 73.4 Å². The van der Waals surface area contributed by atoms with Crippen LogP contribution >= 0.6 is 15.9 Å². The van der Waals surface area contributed by atoms with Crippen molar-refractivity contribution < 1.29 is 19.0 Å². The molecule has 0 bridgehead atoms. The summed E-state index contributed by atoms with van der Waals surface area (Å²) in [4.78, 5) is 11.9. The standard InChI is InChI=1S/C14H15BrN2O4/c1-19-12-4-3-10(15)7-9(12)5-6-21-14(18)11-8-16-17-13(11)20-2/h3-4,7-8H,5-6H2,1-2H3,(H,16,17). The molecule has 2 rings (SSSR count). The number of hydrogen-bond donors (Lipinski definition) is 1. The number of nitrogens with one attached hydrogen (secondary N) is 1. The van der Waals surface area contributed by atoms with Gasteiger partial charge >= 0.3 is 5.97 Å². The number of ether oxygens (including phenoxy) is 3. The summed E-state index contributed by atoms with van der Waals surface area (Å²) in [6, 6.07) is 5.69. The summed E-state index contributed by atoms with van der Waals surface area (Å²) in [6.45, 7) is 0.236. The third-order valence-corrected chi connectivity index (χ3v) is 3.37. The van der Waals surface area contributed by atoms with Crippen LogP contribution in [0.3, 0.4) is 0 Å². The highest BCUT2D eigenvalue weighted by atomic mass is 79.9. The van der Waals surface area contributed by atoms with E-state index in [-0.39, 0.29) is 12.2 Å². The Kier molecular flexibility index (Phi) is 5.21. The Morgan fingerprint density at radius 3 is 2.86 bits per heavy atom. The van der Waals surface area contributed by atoms with E-state index in [4.69, 9.17) is 14.2 Å². The monoisotopic (exact) mass is 354 g/mol. The van der Waals surface area contributed by atoms with Gasteiger partial charge in [0.05, 0.1) is 27.0 Å². The minimum atomic E-state index is -0.477. The molecule has 0 amide bonds. The number of aromatic amines is 1. The van der Waals surface area contributed by atoms with E-state index < -0.39 is 5.97 Å². The highest BCUT2D eigenvalue weighted by Gasteiger charge is 2.16. The number of H-pyrrole nitrogens is 1. The molecule has 0 aliphatic heterocycles. The lowest BCUT2D eigenvalue weighted by Gasteiger charge is -2.09. The molecule has 0 aliphatic rings. The van der Waals surface area contributed by atoms with Gasteiger partial charge in [-0.05, 0) is 23.8 Å². The van der Waals surface area contributed by atoms with Crippen LogP contribution in [0.15, 0.2) is 28.9 Å². The molecule has 1 aromatic carbocycles. The first kappa shape index (κ1) is 15.4. The van der Waals surface area contributed by atoms with Crippen molar-refractivity contribution in [3.05, 3.63) is 40.0 Å². The third-order valence-electron chi connectivity index (χ3n) is 2.88. The quantitative estimate of drug-likeness (QED) is 0.807. The molecule has 1 aromatic heterocycles. The number of rotatable bonds is 6. The Hall–Kier alpha value is -2.02. The Balaban J connectivity index is 1.95. The van der Waals surface area contributed by atoms with E-state index in [9.17, 15) is 4.79 Å². The van der Waals surface area contributed by atoms with Gasteiger partial charge in [-0.2, -0.15) is 5.10 Å². The second-order valence-corrected chi connectivity index (χ2v) is 5.07. The maximum absolute atomic E-state index is 11.9. The Morgan fingerprint density at radius 2 is 2.14 bits per heavy atom. The van der Waals surface area contributed by atoms with E-state index in [0.29, 0.717) is 12.3 Å². The smallest absolute Gasteiger partial charge is 0.345 e. The number of aromatic nitrogens is 2. The van der Waals surface area contributed by atoms with Gasteiger partial charge in [-0.3, -0.25) is 0 Å². The largest absolute Gasteiger partial charge is 0.496 e. The predicted molar refractivity (Wildman–Crippen MR) is 79.8 cm³/mol. The molecule has 0 spiro atoms. The molecule has 1 heterocycles. The van der Waals surface area contributed by atoms with Crippen LogP contribution in [0.4, 0.5) is 0 Å². The van der Waals surface area contributed by atoms with Crippen LogP contribution in [0.5, 0.6) is 11.6 Å². The van der Waals surface area contributed by atoms with Gasteiger partial charge in [-0.1, -0.05) is 15.9 Å². The number of carbonyl (C=O) groups excluding carboxylic acids is 1. The molecule has 0 unspecified atom stereocenters. The fourth-order valence-electron chi connectivity index (χ4n) is 1.85. The van der Waals surface area contributed by atoms with Gasteiger partial charge in [0, 0.05) is 10.9 Å². The molecular formula is C14H15BrN2O4. The summed E-state index contributed by atoms with van der Waals surface area (Å²) < 4.78 is 16.4. The van der Waals surface area contributed by atoms with Crippen molar-refractivity contribution in [2.45, 2.75) is 6.42 Å². The van der Waals surface area contributed by atoms with Gasteiger partial charge in [-0.15, -0.1) is 0 Å². The highest BCUT2D eigenvalue weighted by Crippen LogP contribution is 2.23. The van der Waals surface area contributed by atoms with Crippen LogP contribution in [-0.4, -0.2) is 37.0 Å². The van der Waals surface area contributed by atoms with E-state index in [1.165, 1.54) is 13.3 Å². The van der Waals surface area contributed by atoms with Crippen LogP contribution < -0.4 is 9.47 Å². The zero-order valence-electron chi connectivity index (χ0n) is 11.7. The fraction of sp³-hybridized carbons (Fsp3) is 0.286. The summed E-state index contributed by atoms with van der Waals surface area (Å²) in [5.74, 6) is 0.574. The second kappa shape index (κ2) is 7.12. The van der Waals surface area contributed by atoms with Gasteiger partial charge in [0.1, 0.15) is 11.3 Å². The second-order valence-electron chi connectivity index (χ2n) is 4.16. The van der Waals surface area contributed by atoms with Gasteiger partial charge in [0.15, 0.2) is 0 Å². The van der Waals surface area contributed by atoms with Crippen molar-refractivity contribution in [2.75, 3.05) is 20.8 Å². The average Bonchev–Trinajstić information content (AvgIpc) is 2.96. The molecule has 0 fully saturated rings. The van der Waals surface area contributed by atoms with E-state index in [0.717, 1.165) is 15.8 Å². The van der Waals surface area contributed by atoms with Crippen molar-refractivity contribution in [1.82, 2.24) is 10.2 Å². The SMILES string of the molecule is COc1ccc(Br)cc1CCOC(=O)c1cn[nH]c1OC. The minimum Gasteiger partial charge on any atom is -0.496 e. The van der Waals surface area contributed by atoms with Crippen LogP contribution in [0.1, 0.15) is 15.9 Å². The zero-order chi connectivity index (χ0) is 15.2.